The van der Waals surface area contributed by atoms with Crippen LogP contribution in [0.3, 0.4) is 0 Å². The minimum Gasteiger partial charge on any atom is -0.282 e. The van der Waals surface area contributed by atoms with Crippen molar-refractivity contribution >= 4 is 28.5 Å². The van der Waals surface area contributed by atoms with Crippen molar-refractivity contribution in [3.63, 3.8) is 0 Å². The maximum atomic E-state index is 12.4. The van der Waals surface area contributed by atoms with Gasteiger partial charge in [-0.15, -0.1) is 0 Å². The standard InChI is InChI=1S/C9H6ClF3OS/c1-15-8(14)5-2-3-7(10)6(4-5)9(11,12)13/h2-4H,1H3. The lowest BCUT2D eigenvalue weighted by molar-refractivity contribution is -0.137. The Hall–Kier alpha value is -0.680. The number of hydrogen-bond acceptors (Lipinski definition) is 2. The molecule has 1 nitrogen and oxygen atoms in total. The van der Waals surface area contributed by atoms with Crippen molar-refractivity contribution in [2.24, 2.45) is 0 Å². The van der Waals surface area contributed by atoms with Gasteiger partial charge >= 0.3 is 6.18 Å². The van der Waals surface area contributed by atoms with E-state index in [1.54, 1.807) is 0 Å². The van der Waals surface area contributed by atoms with Crippen molar-refractivity contribution in [1.82, 2.24) is 0 Å². The molecule has 0 radical (unpaired) electrons. The van der Waals surface area contributed by atoms with Gasteiger partial charge in [-0.25, -0.2) is 0 Å². The molecule has 15 heavy (non-hydrogen) atoms. The van der Waals surface area contributed by atoms with Crippen LogP contribution in [-0.2, 0) is 6.18 Å². The lowest BCUT2D eigenvalue weighted by Gasteiger charge is -2.09. The Kier molecular flexibility index (Phi) is 3.67. The summed E-state index contributed by atoms with van der Waals surface area (Å²) in [7, 11) is 0. The summed E-state index contributed by atoms with van der Waals surface area (Å²) >= 11 is 6.24. The second-order valence-corrected chi connectivity index (χ2v) is 3.87. The van der Waals surface area contributed by atoms with E-state index in [4.69, 9.17) is 11.6 Å². The van der Waals surface area contributed by atoms with Crippen molar-refractivity contribution < 1.29 is 18.0 Å². The molecule has 0 unspecified atom stereocenters. The SMILES string of the molecule is CSC(=O)c1ccc(Cl)c(C(F)(F)F)c1. The molecule has 0 aromatic heterocycles. The summed E-state index contributed by atoms with van der Waals surface area (Å²) < 4.78 is 37.2. The highest BCUT2D eigenvalue weighted by Crippen LogP contribution is 2.35. The smallest absolute Gasteiger partial charge is 0.282 e. The number of carbonyl (C=O) groups excluding carboxylic acids is 1. The zero-order chi connectivity index (χ0) is 11.6. The number of rotatable bonds is 1. The number of hydrogen-bond donors (Lipinski definition) is 0. The summed E-state index contributed by atoms with van der Waals surface area (Å²) in [6.45, 7) is 0. The minimum absolute atomic E-state index is 0.000718. The molecule has 0 spiro atoms. The summed E-state index contributed by atoms with van der Waals surface area (Å²) in [4.78, 5) is 11.2. The summed E-state index contributed by atoms with van der Waals surface area (Å²) in [5.41, 5.74) is -0.983. The van der Waals surface area contributed by atoms with E-state index in [1.165, 1.54) is 12.3 Å². The van der Waals surface area contributed by atoms with Crippen LogP contribution in [0.1, 0.15) is 15.9 Å². The van der Waals surface area contributed by atoms with Crippen LogP contribution in [0.25, 0.3) is 0 Å². The molecular weight excluding hydrogens is 249 g/mol. The van der Waals surface area contributed by atoms with Crippen molar-refractivity contribution in [1.29, 1.82) is 0 Å². The van der Waals surface area contributed by atoms with E-state index in [-0.39, 0.29) is 5.56 Å². The topological polar surface area (TPSA) is 17.1 Å². The van der Waals surface area contributed by atoms with Gasteiger partial charge in [-0.1, -0.05) is 23.4 Å². The first-order chi connectivity index (χ1) is 6.86. The van der Waals surface area contributed by atoms with Gasteiger partial charge in [0, 0.05) is 5.56 Å². The third kappa shape index (κ3) is 2.89. The summed E-state index contributed by atoms with van der Waals surface area (Å²) in [5.74, 6) is 0. The summed E-state index contributed by atoms with van der Waals surface area (Å²) in [5, 5.41) is -0.822. The van der Waals surface area contributed by atoms with Crippen molar-refractivity contribution in [3.05, 3.63) is 34.3 Å². The van der Waals surface area contributed by atoms with Gasteiger partial charge in [0.05, 0.1) is 10.6 Å². The second-order valence-electron chi connectivity index (χ2n) is 2.68. The maximum Gasteiger partial charge on any atom is 0.417 e. The van der Waals surface area contributed by atoms with Gasteiger partial charge in [0.1, 0.15) is 0 Å². The predicted octanol–water partition coefficient (Wildman–Crippen LogP) is 3.86. The molecule has 0 amide bonds. The molecule has 0 heterocycles. The first-order valence-electron chi connectivity index (χ1n) is 3.81. The molecule has 0 aliphatic carbocycles. The largest absolute Gasteiger partial charge is 0.417 e. The highest BCUT2D eigenvalue weighted by Gasteiger charge is 2.33. The lowest BCUT2D eigenvalue weighted by atomic mass is 10.1. The van der Waals surface area contributed by atoms with Crippen LogP contribution >= 0.6 is 23.4 Å². The van der Waals surface area contributed by atoms with Crippen LogP contribution < -0.4 is 0 Å². The first kappa shape index (κ1) is 12.4. The van der Waals surface area contributed by atoms with Gasteiger partial charge < -0.3 is 0 Å². The van der Waals surface area contributed by atoms with Crippen LogP contribution in [0.15, 0.2) is 18.2 Å². The van der Waals surface area contributed by atoms with Crippen LogP contribution in [0.5, 0.6) is 0 Å². The molecule has 0 aliphatic heterocycles. The van der Waals surface area contributed by atoms with E-state index in [0.29, 0.717) is 0 Å². The molecule has 0 atom stereocenters. The maximum absolute atomic E-state index is 12.4. The van der Waals surface area contributed by atoms with Gasteiger partial charge in [0.2, 0.25) is 5.12 Å². The molecule has 0 saturated carbocycles. The number of carbonyl (C=O) groups is 1. The Morgan fingerprint density at radius 2 is 2.00 bits per heavy atom. The summed E-state index contributed by atoms with van der Waals surface area (Å²) in [6, 6.07) is 3.12. The second kappa shape index (κ2) is 4.45. The molecular formula is C9H6ClF3OS. The third-order valence-electron chi connectivity index (χ3n) is 1.69. The fourth-order valence-electron chi connectivity index (χ4n) is 0.987. The molecule has 6 heteroatoms. The fourth-order valence-corrected chi connectivity index (χ4v) is 1.57. The molecule has 1 aromatic rings. The average Bonchev–Trinajstić information content (AvgIpc) is 2.15. The van der Waals surface area contributed by atoms with E-state index in [0.717, 1.165) is 23.9 Å². The quantitative estimate of drug-likeness (QED) is 0.757. The third-order valence-corrected chi connectivity index (χ3v) is 2.63. The first-order valence-corrected chi connectivity index (χ1v) is 5.41. The van der Waals surface area contributed by atoms with Gasteiger partial charge in [0.25, 0.3) is 0 Å². The van der Waals surface area contributed by atoms with Crippen molar-refractivity contribution in [3.8, 4) is 0 Å². The van der Waals surface area contributed by atoms with Gasteiger partial charge in [-0.05, 0) is 24.5 Å². The van der Waals surface area contributed by atoms with Crippen LogP contribution in [0.2, 0.25) is 5.02 Å². The Balaban J connectivity index is 3.23. The number of halogens is 4. The highest BCUT2D eigenvalue weighted by molar-refractivity contribution is 8.13. The van der Waals surface area contributed by atoms with Gasteiger partial charge in [0.15, 0.2) is 0 Å². The van der Waals surface area contributed by atoms with Gasteiger partial charge in [-0.2, -0.15) is 13.2 Å². The molecule has 0 saturated heterocycles. The van der Waals surface area contributed by atoms with Gasteiger partial charge in [-0.3, -0.25) is 4.79 Å². The van der Waals surface area contributed by atoms with Crippen LogP contribution in [0, 0.1) is 0 Å². The van der Waals surface area contributed by atoms with E-state index in [1.807, 2.05) is 0 Å². The van der Waals surface area contributed by atoms with E-state index in [2.05, 4.69) is 0 Å². The monoisotopic (exact) mass is 254 g/mol. The molecule has 1 aromatic carbocycles. The minimum atomic E-state index is -4.54. The Bertz CT molecular complexity index is 389. The Labute approximate surface area is 93.6 Å². The van der Waals surface area contributed by atoms with Crippen LogP contribution in [0.4, 0.5) is 13.2 Å². The van der Waals surface area contributed by atoms with Crippen molar-refractivity contribution in [2.75, 3.05) is 6.26 Å². The molecule has 0 N–H and O–H groups in total. The molecule has 0 fully saturated rings. The number of thioether (sulfide) groups is 1. The zero-order valence-electron chi connectivity index (χ0n) is 7.56. The number of alkyl halides is 3. The summed E-state index contributed by atoms with van der Waals surface area (Å²) in [6.07, 6.45) is -3.03. The van der Waals surface area contributed by atoms with E-state index < -0.39 is 21.9 Å². The fraction of sp³-hybridized carbons (Fsp3) is 0.222. The predicted molar refractivity (Wildman–Crippen MR) is 54.3 cm³/mol. The van der Waals surface area contributed by atoms with E-state index in [9.17, 15) is 18.0 Å². The zero-order valence-corrected chi connectivity index (χ0v) is 9.13. The lowest BCUT2D eigenvalue weighted by Crippen LogP contribution is -2.07. The molecule has 0 aliphatic rings. The highest BCUT2D eigenvalue weighted by atomic mass is 35.5. The average molecular weight is 255 g/mol. The van der Waals surface area contributed by atoms with Crippen LogP contribution in [-0.4, -0.2) is 11.4 Å². The van der Waals surface area contributed by atoms with E-state index >= 15 is 0 Å². The number of benzene rings is 1. The molecule has 1 rings (SSSR count). The molecule has 82 valence electrons. The molecule has 0 bridgehead atoms. The normalized spacial score (nSPS) is 11.5. The Morgan fingerprint density at radius 3 is 2.47 bits per heavy atom. The van der Waals surface area contributed by atoms with Crippen molar-refractivity contribution in [2.45, 2.75) is 6.18 Å². The Morgan fingerprint density at radius 1 is 1.40 bits per heavy atom.